The predicted molar refractivity (Wildman–Crippen MR) is 98.1 cm³/mol. The highest BCUT2D eigenvalue weighted by molar-refractivity contribution is 7.99. The molecule has 0 aliphatic carbocycles. The van der Waals surface area contributed by atoms with Gasteiger partial charge < -0.3 is 10.6 Å². The summed E-state index contributed by atoms with van der Waals surface area (Å²) < 4.78 is 13.5. The zero-order valence-electron chi connectivity index (χ0n) is 14.2. The summed E-state index contributed by atoms with van der Waals surface area (Å²) in [4.78, 5) is 26.3. The third-order valence-electron chi connectivity index (χ3n) is 4.95. The lowest BCUT2D eigenvalue weighted by atomic mass is 9.95. The molecule has 2 fully saturated rings. The molecule has 1 aromatic carbocycles. The van der Waals surface area contributed by atoms with Crippen molar-refractivity contribution in [3.63, 3.8) is 0 Å². The van der Waals surface area contributed by atoms with Crippen LogP contribution in [0.4, 0.5) is 10.1 Å². The molecule has 1 aromatic rings. The van der Waals surface area contributed by atoms with Gasteiger partial charge >= 0.3 is 11.8 Å². The molecule has 0 bridgehead atoms. The Labute approximate surface area is 151 Å². The topological polar surface area (TPSA) is 61.4 Å². The zero-order chi connectivity index (χ0) is 17.6. The summed E-state index contributed by atoms with van der Waals surface area (Å²) in [7, 11) is 0. The van der Waals surface area contributed by atoms with E-state index < -0.39 is 17.6 Å². The third kappa shape index (κ3) is 4.95. The monoisotopic (exact) mass is 365 g/mol. The molecule has 7 heteroatoms. The number of likely N-dealkylation sites (tertiary alicyclic amines) is 1. The Kier molecular flexibility index (Phi) is 6.31. The Bertz CT molecular complexity index is 614. The van der Waals surface area contributed by atoms with Gasteiger partial charge in [-0.2, -0.15) is 11.8 Å². The Balaban J connectivity index is 1.39. The predicted octanol–water partition coefficient (Wildman–Crippen LogP) is 2.10. The number of para-hydroxylation sites is 1. The molecular formula is C18H24FN3O2S. The fourth-order valence-electron chi connectivity index (χ4n) is 3.39. The number of halogens is 1. The number of carbonyl (C=O) groups is 2. The van der Waals surface area contributed by atoms with E-state index in [0.29, 0.717) is 18.5 Å². The number of amides is 2. The fourth-order valence-corrected chi connectivity index (χ4v) is 4.65. The molecule has 0 radical (unpaired) electrons. The van der Waals surface area contributed by atoms with E-state index in [1.807, 2.05) is 11.8 Å². The molecule has 0 aromatic heterocycles. The van der Waals surface area contributed by atoms with E-state index in [1.165, 1.54) is 36.1 Å². The molecule has 0 saturated carbocycles. The Morgan fingerprint density at radius 2 is 1.92 bits per heavy atom. The highest BCUT2D eigenvalue weighted by Crippen LogP contribution is 2.26. The second kappa shape index (κ2) is 8.67. The van der Waals surface area contributed by atoms with E-state index in [0.717, 1.165) is 25.9 Å². The number of benzene rings is 1. The van der Waals surface area contributed by atoms with E-state index in [4.69, 9.17) is 0 Å². The summed E-state index contributed by atoms with van der Waals surface area (Å²) in [5.74, 6) is 0.801. The van der Waals surface area contributed by atoms with Gasteiger partial charge in [-0.3, -0.25) is 14.5 Å². The smallest absolute Gasteiger partial charge is 0.313 e. The second-order valence-electron chi connectivity index (χ2n) is 6.64. The molecule has 5 nitrogen and oxygen atoms in total. The summed E-state index contributed by atoms with van der Waals surface area (Å²) in [6.07, 6.45) is 3.36. The molecule has 2 saturated heterocycles. The van der Waals surface area contributed by atoms with Gasteiger partial charge in [-0.1, -0.05) is 12.1 Å². The first kappa shape index (κ1) is 18.2. The summed E-state index contributed by atoms with van der Waals surface area (Å²) in [6, 6.07) is 6.52. The Hall–Kier alpha value is -1.60. The minimum atomic E-state index is -0.828. The maximum atomic E-state index is 13.5. The number of carbonyl (C=O) groups excluding carboxylic acids is 2. The lowest BCUT2D eigenvalue weighted by molar-refractivity contribution is -0.136. The highest BCUT2D eigenvalue weighted by Gasteiger charge is 2.27. The van der Waals surface area contributed by atoms with Gasteiger partial charge in [0, 0.05) is 18.3 Å². The number of piperidine rings is 1. The first-order valence-electron chi connectivity index (χ1n) is 8.79. The van der Waals surface area contributed by atoms with Gasteiger partial charge in [-0.15, -0.1) is 0 Å². The standard InChI is InChI=1S/C18H24FN3O2S/c19-15-3-1-2-4-16(15)21-18(24)17(23)20-11-13-5-8-22(9-6-13)14-7-10-25-12-14/h1-4,13-14H,5-12H2,(H,20,23)(H,21,24). The van der Waals surface area contributed by atoms with Crippen molar-refractivity contribution in [2.45, 2.75) is 25.3 Å². The molecule has 3 rings (SSSR count). The summed E-state index contributed by atoms with van der Waals surface area (Å²) >= 11 is 2.03. The first-order chi connectivity index (χ1) is 12.1. The molecule has 1 unspecified atom stereocenters. The van der Waals surface area contributed by atoms with Gasteiger partial charge in [-0.25, -0.2) is 4.39 Å². The van der Waals surface area contributed by atoms with Crippen LogP contribution >= 0.6 is 11.8 Å². The SMILES string of the molecule is O=C(NCC1CCN(C2CCSC2)CC1)C(=O)Nc1ccccc1F. The fraction of sp³-hybridized carbons (Fsp3) is 0.556. The quantitative estimate of drug-likeness (QED) is 0.802. The maximum Gasteiger partial charge on any atom is 0.313 e. The summed E-state index contributed by atoms with van der Waals surface area (Å²) in [5.41, 5.74) is 0.0189. The van der Waals surface area contributed by atoms with Gasteiger partial charge in [-0.05, 0) is 56.2 Å². The molecule has 2 aliphatic heterocycles. The van der Waals surface area contributed by atoms with E-state index >= 15 is 0 Å². The maximum absolute atomic E-state index is 13.5. The lowest BCUT2D eigenvalue weighted by Gasteiger charge is -2.35. The van der Waals surface area contributed by atoms with Gasteiger partial charge in [0.15, 0.2) is 0 Å². The van der Waals surface area contributed by atoms with E-state index in [9.17, 15) is 14.0 Å². The number of thioether (sulfide) groups is 1. The van der Waals surface area contributed by atoms with Crippen LogP contribution in [0.15, 0.2) is 24.3 Å². The average molecular weight is 365 g/mol. The number of hydrogen-bond donors (Lipinski definition) is 2. The molecule has 2 aliphatic rings. The van der Waals surface area contributed by atoms with Crippen molar-refractivity contribution < 1.29 is 14.0 Å². The van der Waals surface area contributed by atoms with Crippen LogP contribution < -0.4 is 10.6 Å². The molecule has 1 atom stereocenters. The Morgan fingerprint density at radius 3 is 2.60 bits per heavy atom. The van der Waals surface area contributed by atoms with Crippen LogP contribution in [-0.2, 0) is 9.59 Å². The highest BCUT2D eigenvalue weighted by atomic mass is 32.2. The molecule has 0 spiro atoms. The van der Waals surface area contributed by atoms with Gasteiger partial charge in [0.2, 0.25) is 0 Å². The number of anilines is 1. The first-order valence-corrected chi connectivity index (χ1v) is 9.94. The van der Waals surface area contributed by atoms with Crippen LogP contribution in [0.5, 0.6) is 0 Å². The van der Waals surface area contributed by atoms with Crippen LogP contribution in [-0.4, -0.2) is 53.9 Å². The largest absolute Gasteiger partial charge is 0.348 e. The molecule has 2 amide bonds. The van der Waals surface area contributed by atoms with E-state index in [1.54, 1.807) is 6.07 Å². The van der Waals surface area contributed by atoms with Crippen LogP contribution in [0, 0.1) is 11.7 Å². The van der Waals surface area contributed by atoms with Gasteiger partial charge in [0.1, 0.15) is 5.82 Å². The second-order valence-corrected chi connectivity index (χ2v) is 7.79. The van der Waals surface area contributed by atoms with Gasteiger partial charge in [0.05, 0.1) is 5.69 Å². The number of rotatable bonds is 4. The third-order valence-corrected chi connectivity index (χ3v) is 6.10. The van der Waals surface area contributed by atoms with Crippen molar-refractivity contribution >= 4 is 29.3 Å². The summed E-state index contributed by atoms with van der Waals surface area (Å²) in [6.45, 7) is 2.62. The van der Waals surface area contributed by atoms with E-state index in [2.05, 4.69) is 15.5 Å². The average Bonchev–Trinajstić information content (AvgIpc) is 3.16. The molecule has 2 heterocycles. The van der Waals surface area contributed by atoms with Crippen molar-refractivity contribution in [3.05, 3.63) is 30.1 Å². The van der Waals surface area contributed by atoms with Crippen molar-refractivity contribution in [3.8, 4) is 0 Å². The normalized spacial score (nSPS) is 21.9. The number of hydrogen-bond acceptors (Lipinski definition) is 4. The van der Waals surface area contributed by atoms with Crippen molar-refractivity contribution in [1.82, 2.24) is 10.2 Å². The van der Waals surface area contributed by atoms with Crippen LogP contribution in [0.2, 0.25) is 0 Å². The molecule has 2 N–H and O–H groups in total. The van der Waals surface area contributed by atoms with Crippen LogP contribution in [0.1, 0.15) is 19.3 Å². The minimum Gasteiger partial charge on any atom is -0.348 e. The lowest BCUT2D eigenvalue weighted by Crippen LogP contribution is -2.45. The molecule has 25 heavy (non-hydrogen) atoms. The summed E-state index contributed by atoms with van der Waals surface area (Å²) in [5, 5.41) is 4.99. The Morgan fingerprint density at radius 1 is 1.16 bits per heavy atom. The van der Waals surface area contributed by atoms with Crippen molar-refractivity contribution in [2.24, 2.45) is 5.92 Å². The number of nitrogens with one attached hydrogen (secondary N) is 2. The van der Waals surface area contributed by atoms with Crippen molar-refractivity contribution in [1.29, 1.82) is 0 Å². The van der Waals surface area contributed by atoms with E-state index in [-0.39, 0.29) is 5.69 Å². The van der Waals surface area contributed by atoms with Crippen LogP contribution in [0.3, 0.4) is 0 Å². The molecular weight excluding hydrogens is 341 g/mol. The minimum absolute atomic E-state index is 0.0189. The zero-order valence-corrected chi connectivity index (χ0v) is 15.0. The van der Waals surface area contributed by atoms with Crippen LogP contribution in [0.25, 0.3) is 0 Å². The van der Waals surface area contributed by atoms with Crippen molar-refractivity contribution in [2.75, 3.05) is 36.5 Å². The number of nitrogens with zero attached hydrogens (tertiary/aromatic N) is 1. The van der Waals surface area contributed by atoms with Gasteiger partial charge in [0.25, 0.3) is 0 Å². The molecule has 136 valence electrons.